The van der Waals surface area contributed by atoms with E-state index >= 15 is 0 Å². The maximum atomic E-state index is 10.7. The fourth-order valence-corrected chi connectivity index (χ4v) is 2.01. The van der Waals surface area contributed by atoms with Crippen molar-refractivity contribution in [3.8, 4) is 11.3 Å². The molecule has 0 bridgehead atoms. The number of nitrogens with one attached hydrogen (secondary N) is 1. The summed E-state index contributed by atoms with van der Waals surface area (Å²) in [6.07, 6.45) is -0.0241. The molecule has 2 aromatic rings. The molecule has 1 aromatic carbocycles. The molecule has 0 aliphatic heterocycles. The van der Waals surface area contributed by atoms with Crippen LogP contribution < -0.4 is 0 Å². The van der Waals surface area contributed by atoms with Crippen molar-refractivity contribution in [2.24, 2.45) is 0 Å². The van der Waals surface area contributed by atoms with Crippen molar-refractivity contribution in [1.29, 1.82) is 0 Å². The van der Waals surface area contributed by atoms with Crippen LogP contribution in [0.5, 0.6) is 0 Å². The zero-order valence-electron chi connectivity index (χ0n) is 10.7. The number of nitrogens with zero attached hydrogens (tertiary/aromatic N) is 1. The molecule has 0 spiro atoms. The Bertz CT molecular complexity index is 600. The third-order valence-corrected chi connectivity index (χ3v) is 3.09. The molecule has 2 N–H and O–H groups in total. The van der Waals surface area contributed by atoms with Crippen molar-refractivity contribution < 1.29 is 9.90 Å². The van der Waals surface area contributed by atoms with Gasteiger partial charge in [0.25, 0.3) is 0 Å². The first-order valence-corrected chi connectivity index (χ1v) is 5.82. The zero-order chi connectivity index (χ0) is 13.3. The molecule has 4 nitrogen and oxygen atoms in total. The van der Waals surface area contributed by atoms with Gasteiger partial charge in [-0.3, -0.25) is 9.89 Å². The molecule has 0 aliphatic carbocycles. The minimum Gasteiger partial charge on any atom is -0.481 e. The van der Waals surface area contributed by atoms with Crippen LogP contribution >= 0.6 is 0 Å². The average Bonchev–Trinajstić information content (AvgIpc) is 2.64. The summed E-state index contributed by atoms with van der Waals surface area (Å²) >= 11 is 0. The molecule has 0 aliphatic rings. The van der Waals surface area contributed by atoms with Crippen molar-refractivity contribution in [2.75, 3.05) is 0 Å². The molecular formula is C14H16N2O2. The van der Waals surface area contributed by atoms with E-state index in [9.17, 15) is 4.79 Å². The Morgan fingerprint density at radius 3 is 2.72 bits per heavy atom. The van der Waals surface area contributed by atoms with Crippen LogP contribution in [0.1, 0.15) is 22.4 Å². The fraction of sp³-hybridized carbons (Fsp3) is 0.286. The van der Waals surface area contributed by atoms with Crippen LogP contribution in [-0.4, -0.2) is 21.3 Å². The molecule has 0 fully saturated rings. The van der Waals surface area contributed by atoms with E-state index in [1.807, 2.05) is 20.8 Å². The molecule has 0 radical (unpaired) electrons. The Labute approximate surface area is 106 Å². The van der Waals surface area contributed by atoms with E-state index in [1.165, 1.54) is 0 Å². The van der Waals surface area contributed by atoms with Crippen LogP contribution in [0.25, 0.3) is 11.3 Å². The Morgan fingerprint density at radius 2 is 2.06 bits per heavy atom. The molecule has 0 unspecified atom stereocenters. The molecular weight excluding hydrogens is 228 g/mol. The Balaban J connectivity index is 2.48. The van der Waals surface area contributed by atoms with Gasteiger partial charge in [-0.1, -0.05) is 17.7 Å². The lowest BCUT2D eigenvalue weighted by Gasteiger charge is -2.05. The summed E-state index contributed by atoms with van der Waals surface area (Å²) in [6.45, 7) is 5.96. The van der Waals surface area contributed by atoms with Crippen molar-refractivity contribution in [2.45, 2.75) is 27.2 Å². The quantitative estimate of drug-likeness (QED) is 0.872. The first-order valence-electron chi connectivity index (χ1n) is 5.82. The van der Waals surface area contributed by atoms with Gasteiger partial charge in [0.05, 0.1) is 12.1 Å². The average molecular weight is 244 g/mol. The fourth-order valence-electron chi connectivity index (χ4n) is 2.01. The summed E-state index contributed by atoms with van der Waals surface area (Å²) < 4.78 is 0. The molecule has 1 aromatic heterocycles. The predicted octanol–water partition coefficient (Wildman–Crippen LogP) is 2.63. The van der Waals surface area contributed by atoms with Gasteiger partial charge in [0, 0.05) is 11.3 Å². The largest absolute Gasteiger partial charge is 0.481 e. The van der Waals surface area contributed by atoms with Crippen molar-refractivity contribution in [3.05, 3.63) is 40.6 Å². The number of aromatic amines is 1. The molecule has 94 valence electrons. The molecule has 2 rings (SSSR count). The topological polar surface area (TPSA) is 66.0 Å². The molecule has 0 amide bonds. The number of carbonyl (C=O) groups is 1. The van der Waals surface area contributed by atoms with Gasteiger partial charge in [-0.2, -0.15) is 5.10 Å². The van der Waals surface area contributed by atoms with E-state index in [2.05, 4.69) is 28.4 Å². The first kappa shape index (κ1) is 12.4. The van der Waals surface area contributed by atoms with E-state index < -0.39 is 5.97 Å². The second-order valence-corrected chi connectivity index (χ2v) is 4.56. The van der Waals surface area contributed by atoms with Crippen LogP contribution in [0, 0.1) is 20.8 Å². The molecule has 18 heavy (non-hydrogen) atoms. The minimum absolute atomic E-state index is 0.0241. The highest BCUT2D eigenvalue weighted by Crippen LogP contribution is 2.27. The number of carboxylic acid groups (broad SMARTS) is 1. The Hall–Kier alpha value is -2.10. The van der Waals surface area contributed by atoms with Gasteiger partial charge in [-0.15, -0.1) is 0 Å². The third-order valence-electron chi connectivity index (χ3n) is 3.09. The number of aromatic nitrogens is 2. The van der Waals surface area contributed by atoms with Crippen LogP contribution in [0.3, 0.4) is 0 Å². The monoisotopic (exact) mass is 244 g/mol. The first-order chi connectivity index (χ1) is 8.49. The van der Waals surface area contributed by atoms with Crippen LogP contribution in [0.15, 0.2) is 18.2 Å². The summed E-state index contributed by atoms with van der Waals surface area (Å²) in [4.78, 5) is 10.7. The highest BCUT2D eigenvalue weighted by atomic mass is 16.4. The normalized spacial score (nSPS) is 10.6. The molecule has 4 heteroatoms. The highest BCUT2D eigenvalue weighted by molar-refractivity contribution is 5.73. The van der Waals surface area contributed by atoms with Gasteiger partial charge in [0.1, 0.15) is 0 Å². The SMILES string of the molecule is Cc1ccc(C)c(-c2n[nH]c(CC(=O)O)c2C)c1. The number of hydrogen-bond acceptors (Lipinski definition) is 2. The number of aliphatic carboxylic acids is 1. The summed E-state index contributed by atoms with van der Waals surface area (Å²) in [7, 11) is 0. The summed E-state index contributed by atoms with van der Waals surface area (Å²) in [5, 5.41) is 15.9. The van der Waals surface area contributed by atoms with Gasteiger partial charge < -0.3 is 5.11 Å². The summed E-state index contributed by atoms with van der Waals surface area (Å²) in [5.74, 6) is -0.853. The lowest BCUT2D eigenvalue weighted by molar-refractivity contribution is -0.136. The maximum Gasteiger partial charge on any atom is 0.309 e. The van der Waals surface area contributed by atoms with Gasteiger partial charge in [-0.05, 0) is 38.0 Å². The van der Waals surface area contributed by atoms with Gasteiger partial charge in [-0.25, -0.2) is 0 Å². The maximum absolute atomic E-state index is 10.7. The lowest BCUT2D eigenvalue weighted by Crippen LogP contribution is -2.01. The van der Waals surface area contributed by atoms with Crippen molar-refractivity contribution in [1.82, 2.24) is 10.2 Å². The third kappa shape index (κ3) is 2.27. The van der Waals surface area contributed by atoms with E-state index in [0.717, 1.165) is 27.9 Å². The number of carboxylic acids is 1. The number of aryl methyl sites for hydroxylation is 2. The summed E-state index contributed by atoms with van der Waals surface area (Å²) in [6, 6.07) is 6.18. The standard InChI is InChI=1S/C14H16N2O2/c1-8-4-5-9(2)11(6-8)14-10(3)12(15-16-14)7-13(17)18/h4-6H,7H2,1-3H3,(H,15,16)(H,17,18). The van der Waals surface area contributed by atoms with E-state index in [0.29, 0.717) is 5.69 Å². The second-order valence-electron chi connectivity index (χ2n) is 4.56. The van der Waals surface area contributed by atoms with E-state index in [4.69, 9.17) is 5.11 Å². The predicted molar refractivity (Wildman–Crippen MR) is 69.6 cm³/mol. The van der Waals surface area contributed by atoms with E-state index in [-0.39, 0.29) is 6.42 Å². The highest BCUT2D eigenvalue weighted by Gasteiger charge is 2.14. The van der Waals surface area contributed by atoms with Crippen LogP contribution in [0.4, 0.5) is 0 Å². The molecule has 0 saturated carbocycles. The number of benzene rings is 1. The minimum atomic E-state index is -0.853. The van der Waals surface area contributed by atoms with Gasteiger partial charge in [0.2, 0.25) is 0 Å². The smallest absolute Gasteiger partial charge is 0.309 e. The zero-order valence-corrected chi connectivity index (χ0v) is 10.7. The van der Waals surface area contributed by atoms with E-state index in [1.54, 1.807) is 0 Å². The Kier molecular flexibility index (Phi) is 3.19. The van der Waals surface area contributed by atoms with Crippen LogP contribution in [0.2, 0.25) is 0 Å². The van der Waals surface area contributed by atoms with Gasteiger partial charge >= 0.3 is 5.97 Å². The number of rotatable bonds is 3. The van der Waals surface area contributed by atoms with Crippen molar-refractivity contribution in [3.63, 3.8) is 0 Å². The van der Waals surface area contributed by atoms with Gasteiger partial charge in [0.15, 0.2) is 0 Å². The summed E-state index contributed by atoms with van der Waals surface area (Å²) in [5.41, 5.74) is 5.77. The second kappa shape index (κ2) is 4.64. The van der Waals surface area contributed by atoms with Crippen molar-refractivity contribution >= 4 is 5.97 Å². The Morgan fingerprint density at radius 1 is 1.33 bits per heavy atom. The molecule has 1 heterocycles. The molecule has 0 atom stereocenters. The lowest BCUT2D eigenvalue weighted by atomic mass is 9.99. The number of H-pyrrole nitrogens is 1. The van der Waals surface area contributed by atoms with Crippen LogP contribution in [-0.2, 0) is 11.2 Å². The molecule has 0 saturated heterocycles. The number of hydrogen-bond donors (Lipinski definition) is 2.